The van der Waals surface area contributed by atoms with Gasteiger partial charge in [-0.05, 0) is 12.8 Å². The molecule has 0 unspecified atom stereocenters. The molecule has 0 aromatic carbocycles. The molecule has 1 aliphatic rings. The van der Waals surface area contributed by atoms with Gasteiger partial charge in [0, 0.05) is 0 Å². The first-order valence-corrected chi connectivity index (χ1v) is 4.31. The number of amides is 1. The van der Waals surface area contributed by atoms with Gasteiger partial charge in [0.2, 0.25) is 0 Å². The van der Waals surface area contributed by atoms with Crippen LogP contribution in [-0.2, 0) is 0 Å². The molecule has 2 N–H and O–H groups in total. The van der Waals surface area contributed by atoms with E-state index in [1.807, 2.05) is 0 Å². The maximum Gasteiger partial charge on any atom is 0.405 e. The lowest BCUT2D eigenvalue weighted by Gasteiger charge is -2.31. The fraction of sp³-hybridized carbons (Fsp3) is 0.857. The Morgan fingerprint density at radius 3 is 2.36 bits per heavy atom. The summed E-state index contributed by atoms with van der Waals surface area (Å²) in [6, 6.07) is 0. The molecule has 0 saturated heterocycles. The minimum absolute atomic E-state index is 0.454. The normalized spacial score (nSPS) is 22.6. The van der Waals surface area contributed by atoms with Gasteiger partial charge in [-0.2, -0.15) is 12.6 Å². The fourth-order valence-corrected chi connectivity index (χ4v) is 1.87. The van der Waals surface area contributed by atoms with Crippen molar-refractivity contribution in [3.05, 3.63) is 0 Å². The first-order chi connectivity index (χ1) is 5.12. The molecule has 11 heavy (non-hydrogen) atoms. The van der Waals surface area contributed by atoms with Crippen molar-refractivity contribution in [3.63, 3.8) is 0 Å². The van der Waals surface area contributed by atoms with Crippen LogP contribution in [0.25, 0.3) is 0 Å². The molecular formula is C7H13NO2S. The van der Waals surface area contributed by atoms with Gasteiger partial charge in [-0.25, -0.2) is 4.79 Å². The van der Waals surface area contributed by atoms with E-state index in [0.29, 0.717) is 0 Å². The summed E-state index contributed by atoms with van der Waals surface area (Å²) in [7, 11) is 0. The SMILES string of the molecule is O=C(O)NC1(S)CCCCC1. The molecule has 0 bridgehead atoms. The molecule has 0 aromatic rings. The molecule has 1 amide bonds. The summed E-state index contributed by atoms with van der Waals surface area (Å²) in [5.74, 6) is 0. The van der Waals surface area contributed by atoms with Crippen LogP contribution in [0.2, 0.25) is 0 Å². The van der Waals surface area contributed by atoms with E-state index in [9.17, 15) is 4.79 Å². The minimum atomic E-state index is -0.970. The van der Waals surface area contributed by atoms with Gasteiger partial charge < -0.3 is 10.4 Å². The van der Waals surface area contributed by atoms with E-state index in [2.05, 4.69) is 17.9 Å². The van der Waals surface area contributed by atoms with E-state index in [-0.39, 0.29) is 0 Å². The highest BCUT2D eigenvalue weighted by Crippen LogP contribution is 2.30. The van der Waals surface area contributed by atoms with Gasteiger partial charge in [0.05, 0.1) is 4.87 Å². The van der Waals surface area contributed by atoms with Crippen molar-refractivity contribution in [1.82, 2.24) is 5.32 Å². The standard InChI is InChI=1S/C7H13NO2S/c9-6(10)8-7(11)4-2-1-3-5-7/h8,11H,1-5H2,(H,9,10). The molecule has 0 heterocycles. The zero-order valence-corrected chi connectivity index (χ0v) is 7.23. The second-order valence-electron chi connectivity index (χ2n) is 3.02. The lowest BCUT2D eigenvalue weighted by atomic mass is 9.95. The number of rotatable bonds is 1. The Balaban J connectivity index is 2.43. The Morgan fingerprint density at radius 2 is 1.91 bits per heavy atom. The lowest BCUT2D eigenvalue weighted by Crippen LogP contribution is -2.44. The smallest absolute Gasteiger partial charge is 0.405 e. The van der Waals surface area contributed by atoms with Gasteiger partial charge in [0.25, 0.3) is 0 Å². The van der Waals surface area contributed by atoms with Crippen molar-refractivity contribution in [2.45, 2.75) is 37.0 Å². The van der Waals surface area contributed by atoms with Gasteiger partial charge >= 0.3 is 6.09 Å². The van der Waals surface area contributed by atoms with Crippen LogP contribution in [0.3, 0.4) is 0 Å². The van der Waals surface area contributed by atoms with Crippen LogP contribution < -0.4 is 5.32 Å². The molecule has 0 aliphatic heterocycles. The van der Waals surface area contributed by atoms with E-state index >= 15 is 0 Å². The first kappa shape index (κ1) is 8.71. The quantitative estimate of drug-likeness (QED) is 0.421. The third kappa shape index (κ3) is 2.61. The Morgan fingerprint density at radius 1 is 1.36 bits per heavy atom. The van der Waals surface area contributed by atoms with Crippen LogP contribution in [-0.4, -0.2) is 16.1 Å². The largest absolute Gasteiger partial charge is 0.465 e. The monoisotopic (exact) mass is 175 g/mol. The molecule has 1 aliphatic carbocycles. The van der Waals surface area contributed by atoms with Crippen LogP contribution >= 0.6 is 12.6 Å². The predicted octanol–water partition coefficient (Wildman–Crippen LogP) is 1.84. The molecule has 4 heteroatoms. The summed E-state index contributed by atoms with van der Waals surface area (Å²) in [6.45, 7) is 0. The van der Waals surface area contributed by atoms with Crippen LogP contribution in [0.1, 0.15) is 32.1 Å². The summed E-state index contributed by atoms with van der Waals surface area (Å²) in [4.78, 5) is 9.86. The summed E-state index contributed by atoms with van der Waals surface area (Å²) < 4.78 is 0. The van der Waals surface area contributed by atoms with E-state index in [1.165, 1.54) is 6.42 Å². The maximum absolute atomic E-state index is 10.3. The number of hydrogen-bond acceptors (Lipinski definition) is 2. The van der Waals surface area contributed by atoms with E-state index in [4.69, 9.17) is 5.11 Å². The van der Waals surface area contributed by atoms with Crippen molar-refractivity contribution in [2.75, 3.05) is 0 Å². The zero-order chi connectivity index (χ0) is 8.32. The van der Waals surface area contributed by atoms with Crippen LogP contribution in [0, 0.1) is 0 Å². The average molecular weight is 175 g/mol. The van der Waals surface area contributed by atoms with Crippen LogP contribution in [0.5, 0.6) is 0 Å². The topological polar surface area (TPSA) is 49.3 Å². The maximum atomic E-state index is 10.3. The molecule has 0 radical (unpaired) electrons. The molecule has 1 rings (SSSR count). The highest BCUT2D eigenvalue weighted by Gasteiger charge is 2.29. The molecule has 0 atom stereocenters. The van der Waals surface area contributed by atoms with Crippen molar-refractivity contribution < 1.29 is 9.90 Å². The van der Waals surface area contributed by atoms with Gasteiger partial charge in [0.1, 0.15) is 0 Å². The first-order valence-electron chi connectivity index (χ1n) is 3.86. The minimum Gasteiger partial charge on any atom is -0.465 e. The molecule has 0 spiro atoms. The molecule has 64 valence electrons. The van der Waals surface area contributed by atoms with E-state index < -0.39 is 11.0 Å². The molecule has 3 nitrogen and oxygen atoms in total. The van der Waals surface area contributed by atoms with Crippen molar-refractivity contribution in [1.29, 1.82) is 0 Å². The Hall–Kier alpha value is -0.380. The number of carboxylic acid groups (broad SMARTS) is 1. The average Bonchev–Trinajstić information content (AvgIpc) is 1.85. The van der Waals surface area contributed by atoms with Gasteiger partial charge in [0.15, 0.2) is 0 Å². The van der Waals surface area contributed by atoms with Gasteiger partial charge in [-0.15, -0.1) is 0 Å². The summed E-state index contributed by atoms with van der Waals surface area (Å²) in [5.41, 5.74) is 0. The number of hydrogen-bond donors (Lipinski definition) is 3. The van der Waals surface area contributed by atoms with E-state index in [0.717, 1.165) is 25.7 Å². The predicted molar refractivity (Wildman–Crippen MR) is 46.0 cm³/mol. The summed E-state index contributed by atoms with van der Waals surface area (Å²) >= 11 is 4.30. The molecule has 0 aromatic heterocycles. The van der Waals surface area contributed by atoms with Crippen LogP contribution in [0.15, 0.2) is 0 Å². The second-order valence-corrected chi connectivity index (χ2v) is 3.88. The Labute approximate surface area is 71.6 Å². The number of thiol groups is 1. The van der Waals surface area contributed by atoms with Crippen molar-refractivity contribution >= 4 is 18.7 Å². The zero-order valence-electron chi connectivity index (χ0n) is 6.34. The third-order valence-electron chi connectivity index (χ3n) is 2.02. The summed E-state index contributed by atoms with van der Waals surface area (Å²) in [5, 5.41) is 10.9. The Bertz CT molecular complexity index is 155. The number of carbonyl (C=O) groups is 1. The highest BCUT2D eigenvalue weighted by atomic mass is 32.1. The molecular weight excluding hydrogens is 162 g/mol. The van der Waals surface area contributed by atoms with Crippen molar-refractivity contribution in [2.24, 2.45) is 0 Å². The highest BCUT2D eigenvalue weighted by molar-refractivity contribution is 7.81. The van der Waals surface area contributed by atoms with E-state index in [1.54, 1.807) is 0 Å². The van der Waals surface area contributed by atoms with Gasteiger partial charge in [-0.3, -0.25) is 0 Å². The summed E-state index contributed by atoms with van der Waals surface area (Å²) in [6.07, 6.45) is 4.07. The molecule has 1 saturated carbocycles. The van der Waals surface area contributed by atoms with Crippen LogP contribution in [0.4, 0.5) is 4.79 Å². The third-order valence-corrected chi connectivity index (χ3v) is 2.58. The van der Waals surface area contributed by atoms with Gasteiger partial charge in [-0.1, -0.05) is 19.3 Å². The lowest BCUT2D eigenvalue weighted by molar-refractivity contribution is 0.182. The second kappa shape index (κ2) is 3.34. The fourth-order valence-electron chi connectivity index (χ4n) is 1.46. The Kier molecular flexibility index (Phi) is 2.65. The van der Waals surface area contributed by atoms with Crippen molar-refractivity contribution in [3.8, 4) is 0 Å². The molecule has 1 fully saturated rings. The number of nitrogens with one attached hydrogen (secondary N) is 1.